The van der Waals surface area contributed by atoms with Gasteiger partial charge in [0.15, 0.2) is 0 Å². The van der Waals surface area contributed by atoms with Crippen LogP contribution in [0.2, 0.25) is 0 Å². The first kappa shape index (κ1) is 12.0. The van der Waals surface area contributed by atoms with E-state index in [4.69, 9.17) is 4.74 Å². The quantitative estimate of drug-likeness (QED) is 0.301. The smallest absolute Gasteiger partial charge is 0.333 e. The van der Waals surface area contributed by atoms with Gasteiger partial charge in [-0.2, -0.15) is 0 Å². The van der Waals surface area contributed by atoms with E-state index in [1.807, 2.05) is 0 Å². The monoisotopic (exact) mass is 199 g/mol. The standard InChI is InChI=1S/C9H13NO2S/c1-7(2)8(11)12-5-9(3,4)10-6-13/h1,5H2,2-4H3. The molecule has 0 radical (unpaired) electrons. The molecule has 0 aliphatic heterocycles. The van der Waals surface area contributed by atoms with Crippen LogP contribution >= 0.6 is 12.2 Å². The normalized spacial score (nSPS) is 10.1. The van der Waals surface area contributed by atoms with Crippen molar-refractivity contribution in [1.82, 2.24) is 0 Å². The summed E-state index contributed by atoms with van der Waals surface area (Å²) in [6.07, 6.45) is 0. The van der Waals surface area contributed by atoms with E-state index in [1.165, 1.54) is 0 Å². The average molecular weight is 199 g/mol. The highest BCUT2D eigenvalue weighted by Gasteiger charge is 2.18. The van der Waals surface area contributed by atoms with Gasteiger partial charge < -0.3 is 4.74 Å². The van der Waals surface area contributed by atoms with E-state index < -0.39 is 11.5 Å². The van der Waals surface area contributed by atoms with Gasteiger partial charge in [-0.05, 0) is 33.0 Å². The summed E-state index contributed by atoms with van der Waals surface area (Å²) >= 11 is 4.46. The van der Waals surface area contributed by atoms with Crippen LogP contribution in [0.4, 0.5) is 0 Å². The predicted molar refractivity (Wildman–Crippen MR) is 54.9 cm³/mol. The highest BCUT2D eigenvalue weighted by Crippen LogP contribution is 2.09. The minimum absolute atomic E-state index is 0.183. The summed E-state index contributed by atoms with van der Waals surface area (Å²) in [6.45, 7) is 8.85. The number of ether oxygens (including phenoxy) is 1. The minimum atomic E-state index is -0.507. The molecule has 0 amide bonds. The SMILES string of the molecule is C=C(C)C(=O)OCC(C)(C)N=C=S. The molecular formula is C9H13NO2S. The molecule has 0 aliphatic rings. The molecule has 0 saturated heterocycles. The van der Waals surface area contributed by atoms with Gasteiger partial charge in [0.05, 0.1) is 10.7 Å². The van der Waals surface area contributed by atoms with Gasteiger partial charge in [0.1, 0.15) is 6.61 Å². The van der Waals surface area contributed by atoms with Crippen LogP contribution < -0.4 is 0 Å². The van der Waals surface area contributed by atoms with Crippen molar-refractivity contribution in [2.75, 3.05) is 6.61 Å². The molecule has 0 N–H and O–H groups in total. The summed E-state index contributed by atoms with van der Waals surface area (Å²) in [6, 6.07) is 0. The molecule has 0 heterocycles. The molecule has 0 saturated carbocycles. The molecule has 0 aromatic heterocycles. The fourth-order valence-electron chi connectivity index (χ4n) is 0.521. The molecule has 0 bridgehead atoms. The van der Waals surface area contributed by atoms with Gasteiger partial charge in [0, 0.05) is 5.57 Å². The number of hydrogen-bond donors (Lipinski definition) is 0. The van der Waals surface area contributed by atoms with Crippen molar-refractivity contribution in [1.29, 1.82) is 0 Å². The number of rotatable bonds is 4. The third-order valence-corrected chi connectivity index (χ3v) is 1.34. The van der Waals surface area contributed by atoms with Crippen LogP contribution in [0.1, 0.15) is 20.8 Å². The van der Waals surface area contributed by atoms with E-state index in [9.17, 15) is 4.79 Å². The molecule has 4 heteroatoms. The van der Waals surface area contributed by atoms with Gasteiger partial charge >= 0.3 is 5.97 Å². The zero-order chi connectivity index (χ0) is 10.5. The summed E-state index contributed by atoms with van der Waals surface area (Å²) < 4.78 is 4.90. The number of nitrogens with zero attached hydrogens (tertiary/aromatic N) is 1. The lowest BCUT2D eigenvalue weighted by Gasteiger charge is -2.17. The second-order valence-electron chi connectivity index (χ2n) is 3.37. The molecule has 13 heavy (non-hydrogen) atoms. The second-order valence-corrected chi connectivity index (χ2v) is 3.55. The number of aliphatic imine (C=N–C) groups is 1. The Bertz CT molecular complexity index is 265. The maximum Gasteiger partial charge on any atom is 0.333 e. The maximum atomic E-state index is 11.0. The van der Waals surface area contributed by atoms with Gasteiger partial charge in [-0.3, -0.25) is 0 Å². The van der Waals surface area contributed by atoms with Crippen molar-refractivity contribution < 1.29 is 9.53 Å². The van der Waals surface area contributed by atoms with E-state index in [-0.39, 0.29) is 6.61 Å². The first-order chi connectivity index (χ1) is 5.89. The van der Waals surface area contributed by atoms with Crippen LogP contribution in [0.3, 0.4) is 0 Å². The highest BCUT2D eigenvalue weighted by atomic mass is 32.1. The number of carbonyl (C=O) groups is 1. The lowest BCUT2D eigenvalue weighted by molar-refractivity contribution is -0.140. The molecule has 0 unspecified atom stereocenters. The van der Waals surface area contributed by atoms with Gasteiger partial charge in [0.2, 0.25) is 0 Å². The second kappa shape index (κ2) is 4.90. The summed E-state index contributed by atoms with van der Waals surface area (Å²) in [5.41, 5.74) is -0.130. The van der Waals surface area contributed by atoms with Crippen molar-refractivity contribution in [2.45, 2.75) is 26.3 Å². The van der Waals surface area contributed by atoms with E-state index in [2.05, 4.69) is 29.0 Å². The van der Waals surface area contributed by atoms with Crippen LogP contribution in [-0.4, -0.2) is 23.3 Å². The van der Waals surface area contributed by atoms with Gasteiger partial charge in [0.25, 0.3) is 0 Å². The van der Waals surface area contributed by atoms with Crippen LogP contribution in [0.5, 0.6) is 0 Å². The molecule has 0 atom stereocenters. The van der Waals surface area contributed by atoms with Crippen LogP contribution in [0.25, 0.3) is 0 Å². The van der Waals surface area contributed by atoms with Crippen molar-refractivity contribution in [3.05, 3.63) is 12.2 Å². The van der Waals surface area contributed by atoms with E-state index in [0.717, 1.165) is 0 Å². The molecule has 0 fully saturated rings. The van der Waals surface area contributed by atoms with Crippen LogP contribution in [0.15, 0.2) is 17.1 Å². The number of carbonyl (C=O) groups excluding carboxylic acids is 1. The maximum absolute atomic E-state index is 11.0. The van der Waals surface area contributed by atoms with E-state index in [0.29, 0.717) is 5.57 Å². The van der Waals surface area contributed by atoms with Crippen LogP contribution in [0, 0.1) is 0 Å². The summed E-state index contributed by atoms with van der Waals surface area (Å²) in [4.78, 5) is 14.8. The Kier molecular flexibility index (Phi) is 4.52. The number of thiocarbonyl (C=S) groups is 1. The molecule has 0 spiro atoms. The number of hydrogen-bond acceptors (Lipinski definition) is 4. The molecular weight excluding hydrogens is 186 g/mol. The fraction of sp³-hybridized carbons (Fsp3) is 0.556. The Balaban J connectivity index is 4.09. The van der Waals surface area contributed by atoms with Crippen LogP contribution in [-0.2, 0) is 9.53 Å². The van der Waals surface area contributed by atoms with Crippen molar-refractivity contribution >= 4 is 23.3 Å². The highest BCUT2D eigenvalue weighted by molar-refractivity contribution is 7.78. The fourth-order valence-corrected chi connectivity index (χ4v) is 0.768. The Hall–Kier alpha value is -0.990. The lowest BCUT2D eigenvalue weighted by atomic mass is 10.1. The Morgan fingerprint density at radius 2 is 2.23 bits per heavy atom. The van der Waals surface area contributed by atoms with Crippen molar-refractivity contribution in [2.24, 2.45) is 4.99 Å². The predicted octanol–water partition coefficient (Wildman–Crippen LogP) is 1.99. The van der Waals surface area contributed by atoms with E-state index in [1.54, 1.807) is 20.8 Å². The Morgan fingerprint density at radius 3 is 2.62 bits per heavy atom. The largest absolute Gasteiger partial charge is 0.460 e. The third kappa shape index (κ3) is 5.28. The first-order valence-corrected chi connectivity index (χ1v) is 4.21. The zero-order valence-electron chi connectivity index (χ0n) is 8.09. The minimum Gasteiger partial charge on any atom is -0.460 e. The zero-order valence-corrected chi connectivity index (χ0v) is 8.90. The van der Waals surface area contributed by atoms with Gasteiger partial charge in [-0.15, -0.1) is 0 Å². The Labute approximate surface area is 83.5 Å². The van der Waals surface area contributed by atoms with Gasteiger partial charge in [-0.25, -0.2) is 9.79 Å². The van der Waals surface area contributed by atoms with Crippen molar-refractivity contribution in [3.8, 4) is 0 Å². The Morgan fingerprint density at radius 1 is 1.69 bits per heavy atom. The third-order valence-electron chi connectivity index (χ3n) is 1.25. The molecule has 72 valence electrons. The topological polar surface area (TPSA) is 38.7 Å². The molecule has 0 aliphatic carbocycles. The molecule has 0 aromatic carbocycles. The number of esters is 1. The number of isothiocyanates is 1. The molecule has 0 rings (SSSR count). The average Bonchev–Trinajstić information content (AvgIpc) is 2.00. The van der Waals surface area contributed by atoms with Crippen molar-refractivity contribution in [3.63, 3.8) is 0 Å². The van der Waals surface area contributed by atoms with E-state index >= 15 is 0 Å². The summed E-state index contributed by atoms with van der Waals surface area (Å²) in [5.74, 6) is -0.410. The summed E-state index contributed by atoms with van der Waals surface area (Å²) in [7, 11) is 0. The first-order valence-electron chi connectivity index (χ1n) is 3.81. The van der Waals surface area contributed by atoms with Gasteiger partial charge in [-0.1, -0.05) is 6.58 Å². The molecule has 0 aromatic rings. The lowest BCUT2D eigenvalue weighted by Crippen LogP contribution is -2.26. The summed E-state index contributed by atoms with van der Waals surface area (Å²) in [5, 5.41) is 2.26. The molecule has 3 nitrogen and oxygen atoms in total.